The molecule has 0 aliphatic carbocycles. The predicted octanol–water partition coefficient (Wildman–Crippen LogP) is 4.39. The second kappa shape index (κ2) is 9.87. The van der Waals surface area contributed by atoms with E-state index in [0.29, 0.717) is 48.3 Å². The van der Waals surface area contributed by atoms with E-state index in [2.05, 4.69) is 5.32 Å². The number of para-hydroxylation sites is 2. The van der Waals surface area contributed by atoms with Gasteiger partial charge in [-0.1, -0.05) is 42.5 Å². The molecule has 1 unspecified atom stereocenters. The summed E-state index contributed by atoms with van der Waals surface area (Å²) in [7, 11) is 0. The van der Waals surface area contributed by atoms with Crippen LogP contribution in [0.2, 0.25) is 0 Å². The molecule has 7 heteroatoms. The van der Waals surface area contributed by atoms with Crippen molar-refractivity contribution in [1.82, 2.24) is 0 Å². The van der Waals surface area contributed by atoms with Gasteiger partial charge in [-0.2, -0.15) is 0 Å². The average Bonchev–Trinajstić information content (AvgIpc) is 2.84. The fraction of sp³-hybridized carbons (Fsp3) is 0.200. The van der Waals surface area contributed by atoms with Crippen molar-refractivity contribution in [2.45, 2.75) is 13.0 Å². The van der Waals surface area contributed by atoms with Crippen LogP contribution in [-0.2, 0) is 9.53 Å². The highest BCUT2D eigenvalue weighted by molar-refractivity contribution is 5.99. The number of carbonyl (C=O) groups excluding carboxylic acids is 2. The average molecular weight is 433 g/mol. The summed E-state index contributed by atoms with van der Waals surface area (Å²) in [5.74, 6) is 0.432. The molecule has 4 rings (SSSR count). The highest BCUT2D eigenvalue weighted by Gasteiger charge is 2.27. The minimum atomic E-state index is -1.16. The number of carbonyl (C=O) groups is 2. The van der Waals surface area contributed by atoms with E-state index in [1.54, 1.807) is 60.7 Å². The highest BCUT2D eigenvalue weighted by Crippen LogP contribution is 2.32. The molecule has 0 spiro atoms. The molecular formula is C25H23NO6. The monoisotopic (exact) mass is 433 g/mol. The van der Waals surface area contributed by atoms with Crippen molar-refractivity contribution < 1.29 is 28.5 Å². The summed E-state index contributed by atoms with van der Waals surface area (Å²) in [6.07, 6.45) is -1.16. The lowest BCUT2D eigenvalue weighted by Crippen LogP contribution is -2.26. The number of esters is 1. The van der Waals surface area contributed by atoms with Crippen molar-refractivity contribution in [3.63, 3.8) is 0 Å². The topological polar surface area (TPSA) is 83.1 Å². The van der Waals surface area contributed by atoms with E-state index in [9.17, 15) is 9.59 Å². The first kappa shape index (κ1) is 21.2. The molecule has 0 bridgehead atoms. The summed E-state index contributed by atoms with van der Waals surface area (Å²) in [4.78, 5) is 26.1. The Balaban J connectivity index is 1.57. The van der Waals surface area contributed by atoms with Crippen LogP contribution >= 0.6 is 0 Å². The van der Waals surface area contributed by atoms with Gasteiger partial charge >= 0.3 is 5.97 Å². The molecule has 0 aromatic heterocycles. The zero-order valence-corrected chi connectivity index (χ0v) is 17.6. The highest BCUT2D eigenvalue weighted by atomic mass is 16.6. The van der Waals surface area contributed by atoms with Crippen molar-refractivity contribution in [2.75, 3.05) is 25.1 Å². The maximum absolute atomic E-state index is 13.2. The molecule has 0 fully saturated rings. The number of hydrogen-bond acceptors (Lipinski definition) is 6. The van der Waals surface area contributed by atoms with Crippen LogP contribution in [0.25, 0.3) is 0 Å². The number of fused-ring (bicyclic) bond motifs is 1. The van der Waals surface area contributed by atoms with Gasteiger partial charge in [0, 0.05) is 5.56 Å². The maximum atomic E-state index is 13.2. The molecule has 1 atom stereocenters. The Morgan fingerprint density at radius 2 is 1.66 bits per heavy atom. The summed E-state index contributed by atoms with van der Waals surface area (Å²) in [5.41, 5.74) is 1.30. The molecule has 0 saturated carbocycles. The second-order valence-corrected chi connectivity index (χ2v) is 6.97. The SMILES string of the molecule is CCOc1ccccc1NC(=O)C(OC(=O)c1ccc2c(c1)OCCO2)c1ccccc1. The van der Waals surface area contributed by atoms with Crippen LogP contribution in [0.15, 0.2) is 72.8 Å². The van der Waals surface area contributed by atoms with Gasteiger partial charge < -0.3 is 24.3 Å². The third-order valence-corrected chi connectivity index (χ3v) is 4.79. The van der Waals surface area contributed by atoms with E-state index in [-0.39, 0.29) is 5.56 Å². The van der Waals surface area contributed by atoms with E-state index < -0.39 is 18.0 Å². The molecule has 3 aromatic carbocycles. The van der Waals surface area contributed by atoms with Gasteiger partial charge in [-0.3, -0.25) is 4.79 Å². The maximum Gasteiger partial charge on any atom is 0.339 e. The number of ether oxygens (including phenoxy) is 4. The minimum Gasteiger partial charge on any atom is -0.492 e. The number of anilines is 1. The van der Waals surface area contributed by atoms with Gasteiger partial charge in [-0.25, -0.2) is 4.79 Å². The molecule has 1 aliphatic heterocycles. The standard InChI is InChI=1S/C25H23NO6/c1-2-29-20-11-7-6-10-19(20)26-24(27)23(17-8-4-3-5-9-17)32-25(28)18-12-13-21-22(16-18)31-15-14-30-21/h3-13,16,23H,2,14-15H2,1H3,(H,26,27). The summed E-state index contributed by atoms with van der Waals surface area (Å²) in [6.45, 7) is 3.17. The summed E-state index contributed by atoms with van der Waals surface area (Å²) >= 11 is 0. The molecule has 1 aliphatic rings. The molecule has 32 heavy (non-hydrogen) atoms. The lowest BCUT2D eigenvalue weighted by molar-refractivity contribution is -0.125. The number of hydrogen-bond donors (Lipinski definition) is 1. The molecule has 3 aromatic rings. The first-order valence-electron chi connectivity index (χ1n) is 10.3. The molecule has 7 nitrogen and oxygen atoms in total. The normalized spacial score (nSPS) is 13.0. The third kappa shape index (κ3) is 4.83. The zero-order valence-electron chi connectivity index (χ0n) is 17.6. The molecule has 164 valence electrons. The quantitative estimate of drug-likeness (QED) is 0.557. The van der Waals surface area contributed by atoms with Gasteiger partial charge in [0.1, 0.15) is 19.0 Å². The Hall–Kier alpha value is -4.00. The summed E-state index contributed by atoms with van der Waals surface area (Å²) in [5, 5.41) is 2.81. The Kier molecular flexibility index (Phi) is 6.55. The summed E-state index contributed by atoms with van der Waals surface area (Å²) in [6, 6.07) is 20.7. The van der Waals surface area contributed by atoms with Crippen LogP contribution in [0, 0.1) is 0 Å². The molecule has 1 heterocycles. The van der Waals surface area contributed by atoms with Gasteiger partial charge in [0.15, 0.2) is 11.5 Å². The molecule has 1 amide bonds. The minimum absolute atomic E-state index is 0.262. The first-order chi connectivity index (χ1) is 15.7. The van der Waals surface area contributed by atoms with E-state index in [0.717, 1.165) is 0 Å². The zero-order chi connectivity index (χ0) is 22.3. The van der Waals surface area contributed by atoms with Gasteiger partial charge in [0.05, 0.1) is 17.9 Å². The van der Waals surface area contributed by atoms with Crippen LogP contribution in [0.3, 0.4) is 0 Å². The van der Waals surface area contributed by atoms with Crippen LogP contribution in [0.1, 0.15) is 28.9 Å². The Labute approximate surface area is 185 Å². The fourth-order valence-electron chi connectivity index (χ4n) is 3.30. The number of nitrogens with one attached hydrogen (secondary N) is 1. The van der Waals surface area contributed by atoms with Crippen molar-refractivity contribution in [3.8, 4) is 17.2 Å². The lowest BCUT2D eigenvalue weighted by Gasteiger charge is -2.21. The first-order valence-corrected chi connectivity index (χ1v) is 10.3. The van der Waals surface area contributed by atoms with Crippen molar-refractivity contribution in [3.05, 3.63) is 83.9 Å². The number of rotatable bonds is 7. The third-order valence-electron chi connectivity index (χ3n) is 4.79. The second-order valence-electron chi connectivity index (χ2n) is 6.97. The summed E-state index contributed by atoms with van der Waals surface area (Å²) < 4.78 is 22.3. The number of amides is 1. The smallest absolute Gasteiger partial charge is 0.339 e. The van der Waals surface area contributed by atoms with Crippen molar-refractivity contribution in [2.24, 2.45) is 0 Å². The van der Waals surface area contributed by atoms with Gasteiger partial charge in [-0.05, 0) is 37.3 Å². The fourth-order valence-corrected chi connectivity index (χ4v) is 3.30. The molecule has 1 N–H and O–H groups in total. The van der Waals surface area contributed by atoms with E-state index in [4.69, 9.17) is 18.9 Å². The predicted molar refractivity (Wildman–Crippen MR) is 118 cm³/mol. The Morgan fingerprint density at radius 1 is 0.938 bits per heavy atom. The largest absolute Gasteiger partial charge is 0.492 e. The lowest BCUT2D eigenvalue weighted by atomic mass is 10.1. The van der Waals surface area contributed by atoms with Gasteiger partial charge in [0.25, 0.3) is 5.91 Å². The van der Waals surface area contributed by atoms with Crippen LogP contribution in [0.4, 0.5) is 5.69 Å². The van der Waals surface area contributed by atoms with Crippen molar-refractivity contribution in [1.29, 1.82) is 0 Å². The van der Waals surface area contributed by atoms with Gasteiger partial charge in [0.2, 0.25) is 6.10 Å². The van der Waals surface area contributed by atoms with Crippen LogP contribution in [-0.4, -0.2) is 31.7 Å². The molecular weight excluding hydrogens is 410 g/mol. The van der Waals surface area contributed by atoms with E-state index in [1.807, 2.05) is 19.1 Å². The van der Waals surface area contributed by atoms with Crippen molar-refractivity contribution >= 4 is 17.6 Å². The van der Waals surface area contributed by atoms with E-state index >= 15 is 0 Å². The molecule has 0 radical (unpaired) electrons. The Morgan fingerprint density at radius 3 is 2.44 bits per heavy atom. The number of benzene rings is 3. The Bertz CT molecular complexity index is 1100. The van der Waals surface area contributed by atoms with Gasteiger partial charge in [-0.15, -0.1) is 0 Å². The van der Waals surface area contributed by atoms with E-state index in [1.165, 1.54) is 0 Å². The van der Waals surface area contributed by atoms with Crippen LogP contribution in [0.5, 0.6) is 17.2 Å². The van der Waals surface area contributed by atoms with Crippen LogP contribution < -0.4 is 19.5 Å². The molecule has 0 saturated heterocycles.